The van der Waals surface area contributed by atoms with Crippen LogP contribution in [0.4, 0.5) is 10.1 Å². The molecular weight excluding hydrogens is 253 g/mol. The first kappa shape index (κ1) is 12.7. The largest absolute Gasteiger partial charge is 0.423 e. The van der Waals surface area contributed by atoms with E-state index in [9.17, 15) is 19.3 Å². The SMILES string of the molecule is O=C(Oc1cccc([N+](=O)[O-])c1)c1ccc(F)cc1. The standard InChI is InChI=1S/C13H8FNO4/c14-10-6-4-9(5-7-10)13(16)19-12-3-1-2-11(8-12)15(17)18/h1-8H. The normalized spacial score (nSPS) is 9.95. The molecule has 0 unspecified atom stereocenters. The highest BCUT2D eigenvalue weighted by Gasteiger charge is 2.11. The Hall–Kier alpha value is -2.76. The highest BCUT2D eigenvalue weighted by Crippen LogP contribution is 2.20. The van der Waals surface area contributed by atoms with Crippen LogP contribution in [0, 0.1) is 15.9 Å². The molecule has 0 aliphatic carbocycles. The van der Waals surface area contributed by atoms with Gasteiger partial charge in [0.2, 0.25) is 0 Å². The van der Waals surface area contributed by atoms with E-state index in [4.69, 9.17) is 4.74 Å². The summed E-state index contributed by atoms with van der Waals surface area (Å²) in [5.41, 5.74) is -0.0164. The third kappa shape index (κ3) is 3.12. The van der Waals surface area contributed by atoms with Crippen molar-refractivity contribution in [2.24, 2.45) is 0 Å². The van der Waals surface area contributed by atoms with Gasteiger partial charge >= 0.3 is 5.97 Å². The number of non-ortho nitro benzene ring substituents is 1. The van der Waals surface area contributed by atoms with Crippen LogP contribution in [0.2, 0.25) is 0 Å². The number of nitro benzene ring substituents is 1. The van der Waals surface area contributed by atoms with Gasteiger partial charge in [-0.3, -0.25) is 10.1 Å². The van der Waals surface area contributed by atoms with Crippen LogP contribution < -0.4 is 4.74 Å². The van der Waals surface area contributed by atoms with Crippen molar-refractivity contribution in [3.8, 4) is 5.75 Å². The fourth-order valence-corrected chi connectivity index (χ4v) is 1.41. The first-order valence-corrected chi connectivity index (χ1v) is 5.28. The van der Waals surface area contributed by atoms with Crippen LogP contribution in [-0.4, -0.2) is 10.9 Å². The van der Waals surface area contributed by atoms with E-state index in [1.165, 1.54) is 30.3 Å². The molecule has 0 fully saturated rings. The molecule has 0 N–H and O–H groups in total. The topological polar surface area (TPSA) is 69.4 Å². The number of hydrogen-bond donors (Lipinski definition) is 0. The lowest BCUT2D eigenvalue weighted by Gasteiger charge is -2.03. The van der Waals surface area contributed by atoms with Crippen LogP contribution in [0.1, 0.15) is 10.4 Å². The van der Waals surface area contributed by atoms with Crippen molar-refractivity contribution in [1.29, 1.82) is 0 Å². The van der Waals surface area contributed by atoms with Crippen LogP contribution in [0.25, 0.3) is 0 Å². The second-order valence-corrected chi connectivity index (χ2v) is 3.65. The molecule has 2 rings (SSSR count). The summed E-state index contributed by atoms with van der Waals surface area (Å²) in [6, 6.07) is 10.1. The summed E-state index contributed by atoms with van der Waals surface area (Å²) < 4.78 is 17.7. The number of carbonyl (C=O) groups is 1. The average Bonchev–Trinajstić information content (AvgIpc) is 2.39. The van der Waals surface area contributed by atoms with Crippen molar-refractivity contribution < 1.29 is 18.8 Å². The number of carbonyl (C=O) groups excluding carboxylic acids is 1. The molecular formula is C13H8FNO4. The summed E-state index contributed by atoms with van der Waals surface area (Å²) in [4.78, 5) is 21.7. The zero-order chi connectivity index (χ0) is 13.8. The molecule has 0 radical (unpaired) electrons. The maximum Gasteiger partial charge on any atom is 0.343 e. The smallest absolute Gasteiger partial charge is 0.343 e. The van der Waals surface area contributed by atoms with Crippen molar-refractivity contribution in [2.45, 2.75) is 0 Å². The van der Waals surface area contributed by atoms with Crippen LogP contribution in [0.5, 0.6) is 5.75 Å². The van der Waals surface area contributed by atoms with E-state index in [2.05, 4.69) is 0 Å². The lowest BCUT2D eigenvalue weighted by molar-refractivity contribution is -0.384. The van der Waals surface area contributed by atoms with E-state index in [0.29, 0.717) is 0 Å². The Labute approximate surface area is 107 Å². The number of ether oxygens (including phenoxy) is 1. The lowest BCUT2D eigenvalue weighted by Crippen LogP contribution is -2.08. The van der Waals surface area contributed by atoms with Crippen LogP contribution >= 0.6 is 0 Å². The summed E-state index contributed by atoms with van der Waals surface area (Å²) in [7, 11) is 0. The number of hydrogen-bond acceptors (Lipinski definition) is 4. The fraction of sp³-hybridized carbons (Fsp3) is 0. The maximum atomic E-state index is 12.7. The minimum atomic E-state index is -0.708. The minimum Gasteiger partial charge on any atom is -0.423 e. The maximum absolute atomic E-state index is 12.7. The number of rotatable bonds is 3. The molecule has 0 aromatic heterocycles. The molecule has 5 nitrogen and oxygen atoms in total. The molecule has 0 aliphatic rings. The van der Waals surface area contributed by atoms with Gasteiger partial charge in [0.15, 0.2) is 0 Å². The predicted molar refractivity (Wildman–Crippen MR) is 64.5 cm³/mol. The Morgan fingerprint density at radius 3 is 2.47 bits per heavy atom. The molecule has 0 aliphatic heterocycles. The second-order valence-electron chi connectivity index (χ2n) is 3.65. The highest BCUT2D eigenvalue weighted by molar-refractivity contribution is 5.91. The van der Waals surface area contributed by atoms with Gasteiger partial charge < -0.3 is 4.74 Å². The average molecular weight is 261 g/mol. The zero-order valence-electron chi connectivity index (χ0n) is 9.58. The first-order valence-electron chi connectivity index (χ1n) is 5.28. The molecule has 0 bridgehead atoms. The van der Waals surface area contributed by atoms with Crippen LogP contribution in [0.15, 0.2) is 48.5 Å². The van der Waals surface area contributed by atoms with Crippen molar-refractivity contribution in [1.82, 2.24) is 0 Å². The molecule has 0 amide bonds. The number of nitro groups is 1. The highest BCUT2D eigenvalue weighted by atomic mass is 19.1. The number of halogens is 1. The van der Waals surface area contributed by atoms with E-state index < -0.39 is 16.7 Å². The summed E-state index contributed by atoms with van der Waals surface area (Å²) in [6.45, 7) is 0. The fourth-order valence-electron chi connectivity index (χ4n) is 1.41. The van der Waals surface area contributed by atoms with E-state index in [0.717, 1.165) is 18.2 Å². The van der Waals surface area contributed by atoms with Gasteiger partial charge in [0.25, 0.3) is 5.69 Å². The molecule has 2 aromatic rings. The zero-order valence-corrected chi connectivity index (χ0v) is 9.58. The van der Waals surface area contributed by atoms with Crippen molar-refractivity contribution in [3.05, 3.63) is 70.0 Å². The number of esters is 1. The third-order valence-electron chi connectivity index (χ3n) is 2.32. The summed E-state index contributed by atoms with van der Waals surface area (Å²) >= 11 is 0. The Kier molecular flexibility index (Phi) is 3.51. The van der Waals surface area contributed by atoms with Gasteiger partial charge in [0, 0.05) is 6.07 Å². The van der Waals surface area contributed by atoms with Gasteiger partial charge in [-0.05, 0) is 30.3 Å². The molecule has 0 spiro atoms. The van der Waals surface area contributed by atoms with Gasteiger partial charge in [-0.1, -0.05) is 6.07 Å². The Morgan fingerprint density at radius 2 is 1.84 bits per heavy atom. The molecule has 0 saturated heterocycles. The van der Waals surface area contributed by atoms with E-state index in [1.807, 2.05) is 0 Å². The van der Waals surface area contributed by atoms with Crippen LogP contribution in [0.3, 0.4) is 0 Å². The monoisotopic (exact) mass is 261 g/mol. The molecule has 2 aromatic carbocycles. The van der Waals surface area contributed by atoms with Crippen molar-refractivity contribution in [3.63, 3.8) is 0 Å². The van der Waals surface area contributed by atoms with E-state index in [-0.39, 0.29) is 17.0 Å². The lowest BCUT2D eigenvalue weighted by atomic mass is 10.2. The molecule has 0 heterocycles. The molecule has 96 valence electrons. The van der Waals surface area contributed by atoms with Gasteiger partial charge in [-0.25, -0.2) is 9.18 Å². The van der Waals surface area contributed by atoms with Gasteiger partial charge in [-0.2, -0.15) is 0 Å². The minimum absolute atomic E-state index is 0.0588. The van der Waals surface area contributed by atoms with E-state index in [1.54, 1.807) is 0 Å². The Balaban J connectivity index is 2.17. The molecule has 0 saturated carbocycles. The quantitative estimate of drug-likeness (QED) is 0.368. The second kappa shape index (κ2) is 5.26. The van der Waals surface area contributed by atoms with Gasteiger partial charge in [0.1, 0.15) is 11.6 Å². The summed E-state index contributed by atoms with van der Waals surface area (Å²) in [6.07, 6.45) is 0. The molecule has 19 heavy (non-hydrogen) atoms. The van der Waals surface area contributed by atoms with Crippen LogP contribution in [-0.2, 0) is 0 Å². The number of benzene rings is 2. The van der Waals surface area contributed by atoms with Gasteiger partial charge in [-0.15, -0.1) is 0 Å². The Bertz CT molecular complexity index is 625. The first-order chi connectivity index (χ1) is 9.06. The van der Waals surface area contributed by atoms with Gasteiger partial charge in [0.05, 0.1) is 16.6 Å². The summed E-state index contributed by atoms with van der Waals surface area (Å²) in [5.74, 6) is -1.11. The number of nitrogens with zero attached hydrogens (tertiary/aromatic N) is 1. The molecule has 6 heteroatoms. The van der Waals surface area contributed by atoms with Crippen molar-refractivity contribution in [2.75, 3.05) is 0 Å². The molecule has 0 atom stereocenters. The van der Waals surface area contributed by atoms with Crippen molar-refractivity contribution >= 4 is 11.7 Å². The predicted octanol–water partition coefficient (Wildman–Crippen LogP) is 2.95. The third-order valence-corrected chi connectivity index (χ3v) is 2.32. The Morgan fingerprint density at radius 1 is 1.16 bits per heavy atom. The van der Waals surface area contributed by atoms with E-state index >= 15 is 0 Å². The summed E-state index contributed by atoms with van der Waals surface area (Å²) in [5, 5.41) is 10.6.